The molecule has 2 rings (SSSR count). The number of nitrogens with zero attached hydrogens (tertiary/aromatic N) is 1. The molecule has 1 heterocycles. The van der Waals surface area contributed by atoms with E-state index in [1.807, 2.05) is 0 Å². The van der Waals surface area contributed by atoms with E-state index in [0.717, 1.165) is 26.2 Å². The summed E-state index contributed by atoms with van der Waals surface area (Å²) in [6.07, 6.45) is 0.987. The highest BCUT2D eigenvalue weighted by Gasteiger charge is 2.23. The van der Waals surface area contributed by atoms with E-state index in [2.05, 4.69) is 49.9 Å². The molecular weight excluding hydrogens is 236 g/mol. The summed E-state index contributed by atoms with van der Waals surface area (Å²) in [5.41, 5.74) is 8.57. The largest absolute Gasteiger partial charge is 0.377 e. The Balaban J connectivity index is 2.15. The highest BCUT2D eigenvalue weighted by molar-refractivity contribution is 5.50. The van der Waals surface area contributed by atoms with Gasteiger partial charge >= 0.3 is 0 Å². The Bertz CT molecular complexity index is 392. The highest BCUT2D eigenvalue weighted by atomic mass is 16.5. The van der Waals surface area contributed by atoms with Crippen LogP contribution in [-0.2, 0) is 10.2 Å². The molecule has 1 aromatic rings. The molecule has 1 unspecified atom stereocenters. The second kappa shape index (κ2) is 5.93. The van der Waals surface area contributed by atoms with Crippen LogP contribution in [0.1, 0.15) is 32.8 Å². The molecule has 1 aliphatic rings. The summed E-state index contributed by atoms with van der Waals surface area (Å²) in [4.78, 5) is 2.43. The summed E-state index contributed by atoms with van der Waals surface area (Å²) >= 11 is 0. The molecule has 2 N–H and O–H groups in total. The predicted molar refractivity (Wildman–Crippen MR) is 80.8 cm³/mol. The van der Waals surface area contributed by atoms with E-state index in [-0.39, 0.29) is 5.41 Å². The number of anilines is 1. The molecule has 3 nitrogen and oxygen atoms in total. The van der Waals surface area contributed by atoms with Crippen molar-refractivity contribution in [3.63, 3.8) is 0 Å². The molecule has 0 amide bonds. The third kappa shape index (κ3) is 3.48. The monoisotopic (exact) mass is 262 g/mol. The number of ether oxygens (including phenoxy) is 1. The van der Waals surface area contributed by atoms with Gasteiger partial charge in [-0.1, -0.05) is 32.9 Å². The minimum Gasteiger partial charge on any atom is -0.377 e. The number of morpholine rings is 1. The van der Waals surface area contributed by atoms with Crippen LogP contribution in [0.25, 0.3) is 0 Å². The third-order valence-corrected chi connectivity index (χ3v) is 3.79. The van der Waals surface area contributed by atoms with Gasteiger partial charge in [0, 0.05) is 12.2 Å². The van der Waals surface area contributed by atoms with Crippen molar-refractivity contribution in [2.45, 2.75) is 38.6 Å². The maximum atomic E-state index is 5.70. The van der Waals surface area contributed by atoms with E-state index in [4.69, 9.17) is 10.5 Å². The third-order valence-electron chi connectivity index (χ3n) is 3.79. The molecule has 0 saturated carbocycles. The van der Waals surface area contributed by atoms with Gasteiger partial charge in [0.05, 0.1) is 19.3 Å². The summed E-state index contributed by atoms with van der Waals surface area (Å²) in [5.74, 6) is 0. The van der Waals surface area contributed by atoms with Gasteiger partial charge in [-0.3, -0.25) is 0 Å². The Labute approximate surface area is 116 Å². The van der Waals surface area contributed by atoms with Gasteiger partial charge in [0.25, 0.3) is 0 Å². The smallest absolute Gasteiger partial charge is 0.0671 e. The Morgan fingerprint density at radius 1 is 1.26 bits per heavy atom. The van der Waals surface area contributed by atoms with Crippen LogP contribution in [0.2, 0.25) is 0 Å². The summed E-state index contributed by atoms with van der Waals surface area (Å²) in [6.45, 7) is 10.0. The van der Waals surface area contributed by atoms with Crippen molar-refractivity contribution in [3.05, 3.63) is 29.8 Å². The van der Waals surface area contributed by atoms with Crippen LogP contribution < -0.4 is 10.6 Å². The van der Waals surface area contributed by atoms with Crippen LogP contribution in [-0.4, -0.2) is 32.3 Å². The maximum absolute atomic E-state index is 5.70. The van der Waals surface area contributed by atoms with E-state index < -0.39 is 0 Å². The van der Waals surface area contributed by atoms with Gasteiger partial charge in [-0.05, 0) is 36.1 Å². The number of rotatable bonds is 3. The number of benzene rings is 1. The van der Waals surface area contributed by atoms with Crippen LogP contribution in [0.3, 0.4) is 0 Å². The lowest BCUT2D eigenvalue weighted by Gasteiger charge is -2.37. The molecule has 0 spiro atoms. The van der Waals surface area contributed by atoms with Crippen LogP contribution in [0.5, 0.6) is 0 Å². The van der Waals surface area contributed by atoms with E-state index >= 15 is 0 Å². The molecule has 1 aliphatic heterocycles. The van der Waals surface area contributed by atoms with Crippen molar-refractivity contribution < 1.29 is 4.74 Å². The van der Waals surface area contributed by atoms with E-state index in [1.54, 1.807) is 0 Å². The quantitative estimate of drug-likeness (QED) is 0.909. The van der Waals surface area contributed by atoms with E-state index in [9.17, 15) is 0 Å². The standard InChI is InChI=1S/C16H26N2O/c1-16(2,3)13-4-6-14(7-5-13)18-10-11-19-12-15(18)8-9-17/h4-7,15H,8-12,17H2,1-3H3. The zero-order valence-corrected chi connectivity index (χ0v) is 12.4. The van der Waals surface area contributed by atoms with Crippen molar-refractivity contribution in [1.82, 2.24) is 0 Å². The topological polar surface area (TPSA) is 38.5 Å². The normalized spacial score (nSPS) is 20.6. The lowest BCUT2D eigenvalue weighted by atomic mass is 9.87. The molecule has 0 aliphatic carbocycles. The number of hydrogen-bond donors (Lipinski definition) is 1. The minimum atomic E-state index is 0.209. The summed E-state index contributed by atoms with van der Waals surface area (Å²) in [7, 11) is 0. The summed E-state index contributed by atoms with van der Waals surface area (Å²) in [6, 6.07) is 9.36. The van der Waals surface area contributed by atoms with Crippen LogP contribution in [0.15, 0.2) is 24.3 Å². The average Bonchev–Trinajstić information content (AvgIpc) is 2.39. The fourth-order valence-electron chi connectivity index (χ4n) is 2.58. The first kappa shape index (κ1) is 14.4. The maximum Gasteiger partial charge on any atom is 0.0671 e. The molecule has 0 aromatic heterocycles. The molecule has 1 atom stereocenters. The van der Waals surface area contributed by atoms with E-state index in [1.165, 1.54) is 11.3 Å². The Morgan fingerprint density at radius 3 is 2.53 bits per heavy atom. The zero-order chi connectivity index (χ0) is 13.9. The minimum absolute atomic E-state index is 0.209. The first-order valence-corrected chi connectivity index (χ1v) is 7.17. The lowest BCUT2D eigenvalue weighted by molar-refractivity contribution is 0.0922. The summed E-state index contributed by atoms with van der Waals surface area (Å²) < 4.78 is 5.57. The lowest BCUT2D eigenvalue weighted by Crippen LogP contribution is -2.46. The van der Waals surface area contributed by atoms with Gasteiger partial charge in [0.15, 0.2) is 0 Å². The van der Waals surface area contributed by atoms with E-state index in [0.29, 0.717) is 12.6 Å². The fourth-order valence-corrected chi connectivity index (χ4v) is 2.58. The van der Waals surface area contributed by atoms with Gasteiger partial charge in [-0.2, -0.15) is 0 Å². The first-order valence-electron chi connectivity index (χ1n) is 7.17. The van der Waals surface area contributed by atoms with Crippen molar-refractivity contribution in [2.75, 3.05) is 31.2 Å². The van der Waals surface area contributed by atoms with Crippen molar-refractivity contribution in [3.8, 4) is 0 Å². The molecule has 0 radical (unpaired) electrons. The Hall–Kier alpha value is -1.06. The first-order chi connectivity index (χ1) is 9.02. The molecule has 1 fully saturated rings. The van der Waals surface area contributed by atoms with Gasteiger partial charge in [-0.25, -0.2) is 0 Å². The number of hydrogen-bond acceptors (Lipinski definition) is 3. The fraction of sp³-hybridized carbons (Fsp3) is 0.625. The van der Waals surface area contributed by atoms with Crippen molar-refractivity contribution >= 4 is 5.69 Å². The highest BCUT2D eigenvalue weighted by Crippen LogP contribution is 2.27. The van der Waals surface area contributed by atoms with Gasteiger partial charge in [0.1, 0.15) is 0 Å². The second-order valence-electron chi connectivity index (χ2n) is 6.30. The van der Waals surface area contributed by atoms with Crippen LogP contribution in [0.4, 0.5) is 5.69 Å². The van der Waals surface area contributed by atoms with Crippen molar-refractivity contribution in [2.24, 2.45) is 5.73 Å². The number of nitrogens with two attached hydrogens (primary N) is 1. The second-order valence-corrected chi connectivity index (χ2v) is 6.30. The molecule has 0 bridgehead atoms. The molecule has 19 heavy (non-hydrogen) atoms. The SMILES string of the molecule is CC(C)(C)c1ccc(N2CCOCC2CCN)cc1. The van der Waals surface area contributed by atoms with Gasteiger partial charge < -0.3 is 15.4 Å². The molecule has 1 aromatic carbocycles. The van der Waals surface area contributed by atoms with Crippen LogP contribution in [0, 0.1) is 0 Å². The molecule has 3 heteroatoms. The Morgan fingerprint density at radius 2 is 1.95 bits per heavy atom. The van der Waals surface area contributed by atoms with Crippen LogP contribution >= 0.6 is 0 Å². The van der Waals surface area contributed by atoms with Gasteiger partial charge in [0.2, 0.25) is 0 Å². The Kier molecular flexibility index (Phi) is 4.48. The summed E-state index contributed by atoms with van der Waals surface area (Å²) in [5, 5.41) is 0. The zero-order valence-electron chi connectivity index (χ0n) is 12.4. The molecular formula is C16H26N2O. The van der Waals surface area contributed by atoms with Crippen molar-refractivity contribution in [1.29, 1.82) is 0 Å². The molecule has 1 saturated heterocycles. The van der Waals surface area contributed by atoms with Gasteiger partial charge in [-0.15, -0.1) is 0 Å². The molecule has 106 valence electrons. The average molecular weight is 262 g/mol. The predicted octanol–water partition coefficient (Wildman–Crippen LogP) is 2.54.